The first-order chi connectivity index (χ1) is 10.1. The number of carbonyl (C=O) groups excluding carboxylic acids is 1. The number of anilines is 2. The quantitative estimate of drug-likeness (QED) is 0.890. The zero-order valence-corrected chi connectivity index (χ0v) is 13.7. The molecule has 0 radical (unpaired) electrons. The molecule has 1 aromatic carbocycles. The van der Waals surface area contributed by atoms with Crippen LogP contribution in [0.2, 0.25) is 0 Å². The van der Waals surface area contributed by atoms with Crippen molar-refractivity contribution in [3.63, 3.8) is 0 Å². The van der Waals surface area contributed by atoms with Crippen LogP contribution in [-0.4, -0.2) is 24.0 Å². The minimum absolute atomic E-state index is 0.145. The van der Waals surface area contributed by atoms with E-state index in [1.807, 2.05) is 24.3 Å². The monoisotopic (exact) mass is 347 g/mol. The summed E-state index contributed by atoms with van der Waals surface area (Å²) in [6.45, 7) is 6.00. The molecule has 21 heavy (non-hydrogen) atoms. The molecule has 2 aromatic rings. The summed E-state index contributed by atoms with van der Waals surface area (Å²) in [6.07, 6.45) is 1.68. The molecular formula is C16H18BrN3O. The maximum Gasteiger partial charge on any atom is 0.255 e. The molecule has 110 valence electrons. The number of rotatable bonds is 5. The summed E-state index contributed by atoms with van der Waals surface area (Å²) < 4.78 is 0.880. The molecule has 1 aromatic heterocycles. The maximum atomic E-state index is 12.1. The fraction of sp³-hybridized carbons (Fsp3) is 0.250. The Balaban J connectivity index is 2.08. The normalized spacial score (nSPS) is 10.2. The van der Waals surface area contributed by atoms with E-state index in [0.717, 1.165) is 23.4 Å². The number of carbonyl (C=O) groups is 1. The molecule has 0 atom stereocenters. The minimum Gasteiger partial charge on any atom is -0.357 e. The van der Waals surface area contributed by atoms with E-state index in [1.165, 1.54) is 0 Å². The van der Waals surface area contributed by atoms with Gasteiger partial charge in [0.15, 0.2) is 0 Å². The number of benzene rings is 1. The van der Waals surface area contributed by atoms with Gasteiger partial charge in [-0.15, -0.1) is 0 Å². The number of nitrogens with one attached hydrogen (secondary N) is 1. The first-order valence-corrected chi connectivity index (χ1v) is 7.71. The molecule has 2 rings (SSSR count). The average molecular weight is 348 g/mol. The van der Waals surface area contributed by atoms with E-state index in [9.17, 15) is 4.79 Å². The standard InChI is InChI=1S/C16H18BrN3O/c1-3-20(4-2)15-9-8-14(11-18-15)19-16(21)12-6-5-7-13(17)10-12/h5-11H,3-4H2,1-2H3,(H,19,21). The highest BCUT2D eigenvalue weighted by atomic mass is 79.9. The highest BCUT2D eigenvalue weighted by Gasteiger charge is 2.08. The SMILES string of the molecule is CCN(CC)c1ccc(NC(=O)c2cccc(Br)c2)cn1. The third-order valence-electron chi connectivity index (χ3n) is 3.18. The first-order valence-electron chi connectivity index (χ1n) is 6.92. The van der Waals surface area contributed by atoms with Gasteiger partial charge >= 0.3 is 0 Å². The van der Waals surface area contributed by atoms with Gasteiger partial charge in [0.1, 0.15) is 5.82 Å². The first kappa shape index (κ1) is 15.5. The molecule has 0 bridgehead atoms. The van der Waals surface area contributed by atoms with Crippen LogP contribution in [0.5, 0.6) is 0 Å². The number of hydrogen-bond acceptors (Lipinski definition) is 3. The summed E-state index contributed by atoms with van der Waals surface area (Å²) in [6, 6.07) is 11.1. The molecule has 0 aliphatic carbocycles. The molecule has 1 heterocycles. The third kappa shape index (κ3) is 4.04. The van der Waals surface area contributed by atoms with Gasteiger partial charge in [0.2, 0.25) is 0 Å². The van der Waals surface area contributed by atoms with Crippen LogP contribution < -0.4 is 10.2 Å². The molecule has 0 saturated heterocycles. The van der Waals surface area contributed by atoms with Gasteiger partial charge in [-0.3, -0.25) is 4.79 Å². The average Bonchev–Trinajstić information content (AvgIpc) is 2.50. The minimum atomic E-state index is -0.145. The molecule has 1 amide bonds. The van der Waals surface area contributed by atoms with Gasteiger partial charge in [-0.1, -0.05) is 22.0 Å². The van der Waals surface area contributed by atoms with Crippen molar-refractivity contribution in [3.8, 4) is 0 Å². The number of pyridine rings is 1. The van der Waals surface area contributed by atoms with Crippen LogP contribution in [0.25, 0.3) is 0 Å². The summed E-state index contributed by atoms with van der Waals surface area (Å²) in [7, 11) is 0. The Bertz CT molecular complexity index is 609. The maximum absolute atomic E-state index is 12.1. The van der Waals surface area contributed by atoms with E-state index in [0.29, 0.717) is 11.3 Å². The number of nitrogens with zero attached hydrogens (tertiary/aromatic N) is 2. The van der Waals surface area contributed by atoms with Crippen LogP contribution in [-0.2, 0) is 0 Å². The Morgan fingerprint density at radius 2 is 2.00 bits per heavy atom. The van der Waals surface area contributed by atoms with Gasteiger partial charge in [0.05, 0.1) is 11.9 Å². The Labute approximate surface area is 133 Å². The smallest absolute Gasteiger partial charge is 0.255 e. The number of halogens is 1. The van der Waals surface area contributed by atoms with Crippen LogP contribution in [0.15, 0.2) is 47.1 Å². The summed E-state index contributed by atoms with van der Waals surface area (Å²) in [5, 5.41) is 2.85. The molecule has 0 saturated carbocycles. The van der Waals surface area contributed by atoms with Crippen molar-refractivity contribution in [3.05, 3.63) is 52.6 Å². The molecular weight excluding hydrogens is 330 g/mol. The van der Waals surface area contributed by atoms with Crippen molar-refractivity contribution in [2.45, 2.75) is 13.8 Å². The Morgan fingerprint density at radius 3 is 2.57 bits per heavy atom. The van der Waals surface area contributed by atoms with E-state index >= 15 is 0 Å². The molecule has 4 nitrogen and oxygen atoms in total. The van der Waals surface area contributed by atoms with Gasteiger partial charge < -0.3 is 10.2 Å². The lowest BCUT2D eigenvalue weighted by atomic mass is 10.2. The second-order valence-corrected chi connectivity index (χ2v) is 5.46. The van der Waals surface area contributed by atoms with Crippen molar-refractivity contribution in [2.24, 2.45) is 0 Å². The van der Waals surface area contributed by atoms with Crippen molar-refractivity contribution in [1.82, 2.24) is 4.98 Å². The molecule has 5 heteroatoms. The predicted octanol–water partition coefficient (Wildman–Crippen LogP) is 3.94. The largest absolute Gasteiger partial charge is 0.357 e. The van der Waals surface area contributed by atoms with Crippen LogP contribution in [0.1, 0.15) is 24.2 Å². The molecule has 0 aliphatic rings. The number of amides is 1. The fourth-order valence-electron chi connectivity index (χ4n) is 2.03. The highest BCUT2D eigenvalue weighted by Crippen LogP contribution is 2.16. The van der Waals surface area contributed by atoms with Gasteiger partial charge in [-0.25, -0.2) is 4.98 Å². The van der Waals surface area contributed by atoms with Crippen LogP contribution in [0, 0.1) is 0 Å². The van der Waals surface area contributed by atoms with Crippen LogP contribution >= 0.6 is 15.9 Å². The molecule has 0 aliphatic heterocycles. The van der Waals surface area contributed by atoms with Crippen molar-refractivity contribution in [2.75, 3.05) is 23.3 Å². The van der Waals surface area contributed by atoms with Gasteiger partial charge in [0.25, 0.3) is 5.91 Å². The summed E-state index contributed by atoms with van der Waals surface area (Å²) in [5.74, 6) is 0.772. The zero-order chi connectivity index (χ0) is 15.2. The summed E-state index contributed by atoms with van der Waals surface area (Å²) in [4.78, 5) is 18.7. The molecule has 0 spiro atoms. The van der Waals surface area contributed by atoms with Gasteiger partial charge in [-0.05, 0) is 44.2 Å². The van der Waals surface area contributed by atoms with Crippen molar-refractivity contribution < 1.29 is 4.79 Å². The van der Waals surface area contributed by atoms with Crippen molar-refractivity contribution in [1.29, 1.82) is 0 Å². The topological polar surface area (TPSA) is 45.2 Å². The van der Waals surface area contributed by atoms with E-state index in [2.05, 4.69) is 45.0 Å². The number of hydrogen-bond donors (Lipinski definition) is 1. The molecule has 0 unspecified atom stereocenters. The summed E-state index contributed by atoms with van der Waals surface area (Å²) in [5.41, 5.74) is 1.30. The molecule has 0 fully saturated rings. The lowest BCUT2D eigenvalue weighted by molar-refractivity contribution is 0.102. The van der Waals surface area contributed by atoms with E-state index in [1.54, 1.807) is 18.3 Å². The number of aromatic nitrogens is 1. The van der Waals surface area contributed by atoms with Gasteiger partial charge in [0, 0.05) is 23.1 Å². The Morgan fingerprint density at radius 1 is 1.24 bits per heavy atom. The second kappa shape index (κ2) is 7.22. The lowest BCUT2D eigenvalue weighted by Crippen LogP contribution is -2.22. The highest BCUT2D eigenvalue weighted by molar-refractivity contribution is 9.10. The van der Waals surface area contributed by atoms with Crippen LogP contribution in [0.4, 0.5) is 11.5 Å². The van der Waals surface area contributed by atoms with E-state index in [4.69, 9.17) is 0 Å². The Kier molecular flexibility index (Phi) is 5.33. The van der Waals surface area contributed by atoms with Gasteiger partial charge in [-0.2, -0.15) is 0 Å². The van der Waals surface area contributed by atoms with E-state index in [-0.39, 0.29) is 5.91 Å². The molecule has 1 N–H and O–H groups in total. The fourth-order valence-corrected chi connectivity index (χ4v) is 2.43. The summed E-state index contributed by atoms with van der Waals surface area (Å²) >= 11 is 3.36. The second-order valence-electron chi connectivity index (χ2n) is 4.54. The Hall–Kier alpha value is -1.88. The third-order valence-corrected chi connectivity index (χ3v) is 3.67. The van der Waals surface area contributed by atoms with E-state index < -0.39 is 0 Å². The predicted molar refractivity (Wildman–Crippen MR) is 89.9 cm³/mol. The zero-order valence-electron chi connectivity index (χ0n) is 12.1. The lowest BCUT2D eigenvalue weighted by Gasteiger charge is -2.19. The van der Waals surface area contributed by atoms with Crippen LogP contribution in [0.3, 0.4) is 0 Å². The van der Waals surface area contributed by atoms with Crippen molar-refractivity contribution >= 4 is 33.3 Å².